The summed E-state index contributed by atoms with van der Waals surface area (Å²) in [5.41, 5.74) is 0. The number of hydrogen-bond acceptors (Lipinski definition) is 0. The molecule has 0 nitrogen and oxygen atoms in total. The predicted molar refractivity (Wildman–Crippen MR) is 18.7 cm³/mol. The van der Waals surface area contributed by atoms with Gasteiger partial charge in [0.05, 0.1) is 0 Å². The van der Waals surface area contributed by atoms with Crippen LogP contribution in [-0.4, -0.2) is 23.8 Å². The number of rotatable bonds is 1. The second kappa shape index (κ2) is 9.20. The first-order valence-corrected chi connectivity index (χ1v) is 0.667. The largest absolute Gasteiger partial charge is 1.00 e. The molecule has 4 heavy (non-hydrogen) atoms. The van der Waals surface area contributed by atoms with Crippen molar-refractivity contribution in [2.45, 2.75) is 0 Å². The average molecular weight is 42.4 g/mol. The molecule has 0 bridgehead atoms. The molecule has 0 N–H and O–H groups in total. The van der Waals surface area contributed by atoms with Gasteiger partial charge in [-0.2, -0.15) is 0 Å². The van der Waals surface area contributed by atoms with Gasteiger partial charge >= 0.3 is 18.9 Å². The van der Waals surface area contributed by atoms with Crippen molar-refractivity contribution in [3.63, 3.8) is 0 Å². The van der Waals surface area contributed by atoms with Crippen molar-refractivity contribution in [3.05, 3.63) is 0 Å². The molecule has 0 amide bonds. The Labute approximate surface area is 43.3 Å². The molecule has 0 aromatic rings. The second-order valence-electron chi connectivity index (χ2n) is 0.192. The molecule has 0 aromatic carbocycles. The van der Waals surface area contributed by atoms with E-state index in [-0.39, 0.29) is 18.9 Å². The van der Waals surface area contributed by atoms with Gasteiger partial charge in [0.1, 0.15) is 0 Å². The van der Waals surface area contributed by atoms with E-state index < -0.39 is 0 Å². The van der Waals surface area contributed by atoms with Crippen LogP contribution in [0, 0.1) is 0 Å². The molecule has 0 spiro atoms. The molecule has 5 radical (unpaired) electrons. The van der Waals surface area contributed by atoms with Crippen molar-refractivity contribution >= 4 is 22.5 Å². The van der Waals surface area contributed by atoms with E-state index in [1.165, 1.54) is 7.06 Å². The van der Waals surface area contributed by atoms with E-state index >= 15 is 0 Å². The zero-order valence-corrected chi connectivity index (χ0v) is 2.73. The SMILES string of the molecule is [3H][B-][B][B].[Li+]. The third kappa shape index (κ3) is 14.3. The van der Waals surface area contributed by atoms with Crippen LogP contribution in [0.2, 0.25) is 0 Å². The van der Waals surface area contributed by atoms with E-state index in [9.17, 15) is 0 Å². The molecule has 4 heteroatoms. The summed E-state index contributed by atoms with van der Waals surface area (Å²) in [5, 5.41) is 0. The molecule has 0 heterocycles. The van der Waals surface area contributed by atoms with Crippen LogP contribution >= 0.6 is 0 Å². The van der Waals surface area contributed by atoms with E-state index in [4.69, 9.17) is 1.34 Å². The first-order valence-electron chi connectivity index (χ1n) is 1.24. The third-order valence-electron chi connectivity index (χ3n) is 0. The smallest absolute Gasteiger partial charge is 0.414 e. The minimum absolute atomic E-state index is 0. The van der Waals surface area contributed by atoms with Crippen molar-refractivity contribution in [1.29, 1.82) is 1.34 Å². The average Bonchev–Trinajstić information content (AvgIpc) is 1.37. The Kier molecular flexibility index (Phi) is 11.0. The van der Waals surface area contributed by atoms with Gasteiger partial charge in [-0.05, 0) is 7.74 Å². The maximum absolute atomic E-state index is 6.15. The summed E-state index contributed by atoms with van der Waals surface area (Å²) in [5.74, 6) is 0. The van der Waals surface area contributed by atoms with Gasteiger partial charge in [0.2, 0.25) is 0 Å². The molecule has 11 valence electrons. The molecule has 0 atom stereocenters. The number of hydrogen-bond donors (Lipinski definition) is 0. The van der Waals surface area contributed by atoms with Gasteiger partial charge in [0.15, 0.2) is 0 Å². The van der Waals surface area contributed by atoms with E-state index in [2.05, 4.69) is 7.74 Å². The Hall–Kier alpha value is 0.792. The van der Waals surface area contributed by atoms with Gasteiger partial charge in [-0.1, -0.05) is 0 Å². The summed E-state index contributed by atoms with van der Waals surface area (Å²) in [6.07, 6.45) is 0. The summed E-state index contributed by atoms with van der Waals surface area (Å²) in [6.45, 7) is 0. The fraction of sp³-hybridized carbons (Fsp3) is 0. The summed E-state index contributed by atoms with van der Waals surface area (Å²) < 4.78 is 6.15. The first-order chi connectivity index (χ1) is 1.91. The van der Waals surface area contributed by atoms with Crippen molar-refractivity contribution < 1.29 is 18.9 Å². The minimum Gasteiger partial charge on any atom is -0.414 e. The molecule has 0 aliphatic carbocycles. The van der Waals surface area contributed by atoms with Crippen LogP contribution in [0.5, 0.6) is 0 Å². The Morgan fingerprint density at radius 2 is 2.50 bits per heavy atom. The summed E-state index contributed by atoms with van der Waals surface area (Å²) in [6, 6.07) is 0. The van der Waals surface area contributed by atoms with E-state index in [0.717, 1.165) is 7.70 Å². The topological polar surface area (TPSA) is 0 Å². The van der Waals surface area contributed by atoms with Crippen molar-refractivity contribution in [2.24, 2.45) is 0 Å². The monoisotopic (exact) mass is 43.1 g/mol. The van der Waals surface area contributed by atoms with Gasteiger partial charge in [-0.25, -0.2) is 7.06 Å². The fourth-order valence-electron chi connectivity index (χ4n) is 0. The standard InChI is InChI=1S/B3H.Li/c1-3-2;/h1H;/q-1;+1/i1T;. The van der Waals surface area contributed by atoms with Crippen LogP contribution in [-0.2, 0) is 0 Å². The van der Waals surface area contributed by atoms with Crippen LogP contribution in [0.25, 0.3) is 0 Å². The molecular weight excluding hydrogens is 39.4 g/mol. The molecule has 0 aliphatic heterocycles. The second-order valence-corrected chi connectivity index (χ2v) is 0.192. The van der Waals surface area contributed by atoms with E-state index in [0.29, 0.717) is 0 Å². The maximum atomic E-state index is 6.15. The van der Waals surface area contributed by atoms with Gasteiger partial charge in [0, 0.05) is 0 Å². The molecular formula is HB3Li. The van der Waals surface area contributed by atoms with Crippen LogP contribution in [0.4, 0.5) is 0 Å². The fourth-order valence-corrected chi connectivity index (χ4v) is 0. The van der Waals surface area contributed by atoms with Crippen molar-refractivity contribution in [1.82, 2.24) is 0 Å². The molecule has 0 aliphatic rings. The summed E-state index contributed by atoms with van der Waals surface area (Å²) >= 11 is 0. The predicted octanol–water partition coefficient (Wildman–Crippen LogP) is -4.41. The molecule has 0 saturated carbocycles. The zero-order chi connectivity index (χ0) is 3.41. The van der Waals surface area contributed by atoms with Gasteiger partial charge < -0.3 is 9.04 Å². The Morgan fingerprint density at radius 1 is 2.25 bits per heavy atom. The van der Waals surface area contributed by atoms with Crippen LogP contribution in [0.1, 0.15) is 0 Å². The Balaban J connectivity index is 0. The maximum Gasteiger partial charge on any atom is 1.00 e. The van der Waals surface area contributed by atoms with Crippen LogP contribution < -0.4 is 18.9 Å². The summed E-state index contributed by atoms with van der Waals surface area (Å²) in [7, 11) is 6.85. The van der Waals surface area contributed by atoms with Crippen molar-refractivity contribution in [3.8, 4) is 0 Å². The van der Waals surface area contributed by atoms with E-state index in [1.54, 1.807) is 0 Å². The first kappa shape index (κ1) is 4.79. The molecule has 0 saturated heterocycles. The van der Waals surface area contributed by atoms with Gasteiger partial charge in [0.25, 0.3) is 0 Å². The Bertz CT molecular complexity index is 8.85. The zero-order valence-electron chi connectivity index (χ0n) is 3.73. The normalized spacial score (nSPS) is 6.50. The van der Waals surface area contributed by atoms with Crippen LogP contribution in [0.3, 0.4) is 0 Å². The molecule has 0 fully saturated rings. The minimum atomic E-state index is 0. The molecule has 0 unspecified atom stereocenters. The van der Waals surface area contributed by atoms with Gasteiger partial charge in [-0.15, -0.1) is 0 Å². The van der Waals surface area contributed by atoms with Gasteiger partial charge in [-0.3, -0.25) is 0 Å². The quantitative estimate of drug-likeness (QED) is 0.260. The van der Waals surface area contributed by atoms with Crippen molar-refractivity contribution in [2.75, 3.05) is 0 Å². The summed E-state index contributed by atoms with van der Waals surface area (Å²) in [4.78, 5) is 0. The van der Waals surface area contributed by atoms with E-state index in [1.807, 2.05) is 0 Å². The Morgan fingerprint density at radius 3 is 2.50 bits per heavy atom. The van der Waals surface area contributed by atoms with Crippen LogP contribution in [0.15, 0.2) is 0 Å². The third-order valence-corrected chi connectivity index (χ3v) is 0. The molecule has 0 rings (SSSR count). The molecule has 0 aromatic heterocycles.